The fourth-order valence-electron chi connectivity index (χ4n) is 3.43. The topological polar surface area (TPSA) is 101 Å². The summed E-state index contributed by atoms with van der Waals surface area (Å²) < 4.78 is 55.3. The summed E-state index contributed by atoms with van der Waals surface area (Å²) in [5.41, 5.74) is 0.932. The summed E-state index contributed by atoms with van der Waals surface area (Å²) in [5.74, 6) is -0.900. The van der Waals surface area contributed by atoms with Gasteiger partial charge in [0.1, 0.15) is 24.4 Å². The number of fused-ring (bicyclic) bond motifs is 1. The molecule has 0 saturated carbocycles. The first-order valence-electron chi connectivity index (χ1n) is 10.9. The molecule has 0 aliphatic carbocycles. The van der Waals surface area contributed by atoms with Gasteiger partial charge in [0.2, 0.25) is 0 Å². The van der Waals surface area contributed by atoms with Crippen molar-refractivity contribution in [1.82, 2.24) is 0 Å². The van der Waals surface area contributed by atoms with Gasteiger partial charge in [0.25, 0.3) is 10.1 Å². The second kappa shape index (κ2) is 8.74. The first kappa shape index (κ1) is 25.8. The zero-order valence-corrected chi connectivity index (χ0v) is 21.9. The molecule has 2 aliphatic heterocycles. The van der Waals surface area contributed by atoms with Crippen LogP contribution in [0.25, 0.3) is 0 Å². The quantitative estimate of drug-likeness (QED) is 0.461. The van der Waals surface area contributed by atoms with Crippen LogP contribution in [0.4, 0.5) is 0 Å². The number of aryl methyl sites for hydroxylation is 1. The smallest absolute Gasteiger partial charge is 0.297 e. The Balaban J connectivity index is 1.84. The standard InChI is InChI=1S/C22H36O8SSi/c1-14-9-11-15(12-10-14)31(24,25)30-16(13-26-32(7,8)21(2,3)4)18-17(23)19-20(27-18)29-22(5,6)28-19/h9-12,16-20,23H,13H2,1-8H3/t16-,17-,18-,19-,20-/m1/s1. The molecule has 0 amide bonds. The lowest BCUT2D eigenvalue weighted by Gasteiger charge is -2.38. The molecular weight excluding hydrogens is 452 g/mol. The number of ether oxygens (including phenoxy) is 3. The Hall–Kier alpha value is -0.853. The maximum Gasteiger partial charge on any atom is 0.297 e. The van der Waals surface area contributed by atoms with Gasteiger partial charge in [-0.25, -0.2) is 0 Å². The van der Waals surface area contributed by atoms with E-state index in [0.717, 1.165) is 5.56 Å². The Morgan fingerprint density at radius 1 is 1.16 bits per heavy atom. The zero-order chi connectivity index (χ0) is 24.1. The normalized spacial score (nSPS) is 29.2. The molecule has 0 radical (unpaired) electrons. The molecule has 3 rings (SSSR count). The van der Waals surface area contributed by atoms with Gasteiger partial charge in [-0.1, -0.05) is 38.5 Å². The van der Waals surface area contributed by atoms with Crippen LogP contribution in [0.1, 0.15) is 40.2 Å². The minimum absolute atomic E-state index is 0.0294. The van der Waals surface area contributed by atoms with E-state index in [1.807, 2.05) is 6.92 Å². The number of rotatable bonds is 7. The summed E-state index contributed by atoms with van der Waals surface area (Å²) in [6.45, 7) is 15.7. The molecule has 2 aliphatic rings. The van der Waals surface area contributed by atoms with Gasteiger partial charge in [-0.05, 0) is 51.0 Å². The molecule has 1 aromatic rings. The predicted molar refractivity (Wildman–Crippen MR) is 121 cm³/mol. The van der Waals surface area contributed by atoms with Gasteiger partial charge in [0.15, 0.2) is 20.4 Å². The van der Waals surface area contributed by atoms with Crippen molar-refractivity contribution in [3.05, 3.63) is 29.8 Å². The fourth-order valence-corrected chi connectivity index (χ4v) is 5.52. The van der Waals surface area contributed by atoms with Crippen molar-refractivity contribution in [1.29, 1.82) is 0 Å². The monoisotopic (exact) mass is 488 g/mol. The van der Waals surface area contributed by atoms with Crippen molar-refractivity contribution in [3.63, 3.8) is 0 Å². The van der Waals surface area contributed by atoms with Crippen LogP contribution >= 0.6 is 0 Å². The Morgan fingerprint density at radius 3 is 2.28 bits per heavy atom. The van der Waals surface area contributed by atoms with E-state index < -0.39 is 54.9 Å². The Bertz CT molecular complexity index is 907. The summed E-state index contributed by atoms with van der Waals surface area (Å²) in [6.07, 6.45) is -4.76. The van der Waals surface area contributed by atoms with Crippen molar-refractivity contribution in [2.24, 2.45) is 0 Å². The molecule has 8 nitrogen and oxygen atoms in total. The molecular formula is C22H36O8SSi. The van der Waals surface area contributed by atoms with Gasteiger partial charge >= 0.3 is 0 Å². The third kappa shape index (κ3) is 5.44. The van der Waals surface area contributed by atoms with Crippen LogP contribution in [-0.2, 0) is 32.9 Å². The van der Waals surface area contributed by atoms with Gasteiger partial charge in [-0.2, -0.15) is 8.42 Å². The molecule has 1 aromatic carbocycles. The number of aliphatic hydroxyl groups is 1. The SMILES string of the molecule is Cc1ccc(S(=O)(=O)O[C@H](CO[Si](C)(C)C(C)(C)C)[C@H]2O[C@@H]3OC(C)(C)O[C@@H]3[C@@H]2O)cc1. The molecule has 32 heavy (non-hydrogen) atoms. The van der Waals surface area contributed by atoms with E-state index in [0.29, 0.717) is 0 Å². The number of benzene rings is 1. The highest BCUT2D eigenvalue weighted by atomic mass is 32.2. The van der Waals surface area contributed by atoms with Crippen LogP contribution in [0.15, 0.2) is 29.2 Å². The van der Waals surface area contributed by atoms with Crippen LogP contribution in [-0.4, -0.2) is 64.9 Å². The average Bonchev–Trinajstić information content (AvgIpc) is 3.11. The van der Waals surface area contributed by atoms with Crippen LogP contribution < -0.4 is 0 Å². The first-order valence-corrected chi connectivity index (χ1v) is 15.2. The fraction of sp³-hybridized carbons (Fsp3) is 0.727. The number of aliphatic hydroxyl groups excluding tert-OH is 1. The maximum absolute atomic E-state index is 13.0. The van der Waals surface area contributed by atoms with E-state index in [4.69, 9.17) is 22.8 Å². The Labute approximate surface area is 192 Å². The van der Waals surface area contributed by atoms with Crippen molar-refractivity contribution in [2.75, 3.05) is 6.61 Å². The van der Waals surface area contributed by atoms with Gasteiger partial charge < -0.3 is 23.7 Å². The van der Waals surface area contributed by atoms with E-state index in [-0.39, 0.29) is 16.5 Å². The van der Waals surface area contributed by atoms with Crippen molar-refractivity contribution in [2.45, 2.75) is 101 Å². The van der Waals surface area contributed by atoms with Gasteiger partial charge in [-0.3, -0.25) is 4.18 Å². The molecule has 2 fully saturated rings. The Morgan fingerprint density at radius 2 is 1.75 bits per heavy atom. The lowest BCUT2D eigenvalue weighted by Crippen LogP contribution is -2.49. The van der Waals surface area contributed by atoms with Gasteiger partial charge in [0, 0.05) is 0 Å². The Kier molecular flexibility index (Phi) is 7.03. The molecule has 1 N–H and O–H groups in total. The molecule has 0 aromatic heterocycles. The molecule has 182 valence electrons. The van der Waals surface area contributed by atoms with E-state index in [1.165, 1.54) is 12.1 Å². The molecule has 2 saturated heterocycles. The maximum atomic E-state index is 13.0. The molecule has 0 spiro atoms. The van der Waals surface area contributed by atoms with Crippen molar-refractivity contribution < 1.29 is 36.3 Å². The predicted octanol–water partition coefficient (Wildman–Crippen LogP) is 3.33. The third-order valence-electron chi connectivity index (χ3n) is 6.39. The molecule has 0 bridgehead atoms. The second-order valence-electron chi connectivity index (χ2n) is 10.5. The molecule has 0 unspecified atom stereocenters. The van der Waals surface area contributed by atoms with Crippen LogP contribution in [0.2, 0.25) is 18.1 Å². The second-order valence-corrected chi connectivity index (χ2v) is 16.9. The largest absolute Gasteiger partial charge is 0.414 e. The van der Waals surface area contributed by atoms with E-state index in [9.17, 15) is 13.5 Å². The van der Waals surface area contributed by atoms with Crippen LogP contribution in [0.5, 0.6) is 0 Å². The van der Waals surface area contributed by atoms with E-state index in [2.05, 4.69) is 33.9 Å². The third-order valence-corrected chi connectivity index (χ3v) is 12.2. The highest BCUT2D eigenvalue weighted by Crippen LogP contribution is 2.40. The lowest BCUT2D eigenvalue weighted by molar-refractivity contribution is -0.225. The average molecular weight is 489 g/mol. The molecule has 2 heterocycles. The highest BCUT2D eigenvalue weighted by Gasteiger charge is 2.57. The molecule has 5 atom stereocenters. The van der Waals surface area contributed by atoms with Crippen LogP contribution in [0, 0.1) is 6.92 Å². The van der Waals surface area contributed by atoms with E-state index in [1.54, 1.807) is 26.0 Å². The number of hydrogen-bond donors (Lipinski definition) is 1. The van der Waals surface area contributed by atoms with Crippen molar-refractivity contribution >= 4 is 18.4 Å². The highest BCUT2D eigenvalue weighted by molar-refractivity contribution is 7.86. The summed E-state index contributed by atoms with van der Waals surface area (Å²) in [4.78, 5) is 0.0294. The minimum Gasteiger partial charge on any atom is -0.414 e. The minimum atomic E-state index is -4.12. The zero-order valence-electron chi connectivity index (χ0n) is 20.1. The summed E-state index contributed by atoms with van der Waals surface area (Å²) in [6, 6.07) is 6.39. The summed E-state index contributed by atoms with van der Waals surface area (Å²) in [7, 11) is -6.35. The van der Waals surface area contributed by atoms with Crippen LogP contribution in [0.3, 0.4) is 0 Å². The summed E-state index contributed by atoms with van der Waals surface area (Å²) in [5, 5.41) is 10.8. The van der Waals surface area contributed by atoms with E-state index >= 15 is 0 Å². The van der Waals surface area contributed by atoms with Gasteiger partial charge in [0.05, 0.1) is 11.5 Å². The van der Waals surface area contributed by atoms with Crippen molar-refractivity contribution in [3.8, 4) is 0 Å². The summed E-state index contributed by atoms with van der Waals surface area (Å²) >= 11 is 0. The molecule has 10 heteroatoms. The first-order chi connectivity index (χ1) is 14.5. The number of hydrogen-bond acceptors (Lipinski definition) is 8. The lowest BCUT2D eigenvalue weighted by atomic mass is 10.1. The van der Waals surface area contributed by atoms with Gasteiger partial charge in [-0.15, -0.1) is 0 Å².